The molecular weight excluding hydrogens is 284 g/mol. The van der Waals surface area contributed by atoms with Crippen molar-refractivity contribution in [1.82, 2.24) is 4.90 Å². The third kappa shape index (κ3) is 5.10. The van der Waals surface area contributed by atoms with Crippen molar-refractivity contribution in [2.75, 3.05) is 13.2 Å². The molecule has 0 aliphatic carbocycles. The molecule has 1 amide bonds. The van der Waals surface area contributed by atoms with E-state index in [1.165, 1.54) is 4.90 Å². The van der Waals surface area contributed by atoms with Crippen LogP contribution in [-0.4, -0.2) is 47.0 Å². The van der Waals surface area contributed by atoms with Crippen molar-refractivity contribution in [1.29, 1.82) is 0 Å². The minimum Gasteiger partial charge on any atom is -0.851 e. The minimum atomic E-state index is -0.810. The Labute approximate surface area is 145 Å². The predicted molar refractivity (Wildman–Crippen MR) is 52.2 cm³/mol. The van der Waals surface area contributed by atoms with Crippen LogP contribution < -0.4 is 63.3 Å². The van der Waals surface area contributed by atoms with E-state index >= 15 is 0 Å². The van der Waals surface area contributed by atoms with E-state index in [-0.39, 0.29) is 77.4 Å². The van der Waals surface area contributed by atoms with Crippen LogP contribution in [0.4, 0.5) is 4.79 Å². The molecule has 1 aliphatic heterocycles. The first-order chi connectivity index (χ1) is 6.83. The zero-order valence-corrected chi connectivity index (χ0v) is 15.3. The fourth-order valence-electron chi connectivity index (χ4n) is 1.59. The number of rotatable bonds is 1. The summed E-state index contributed by atoms with van der Waals surface area (Å²) < 4.78 is 5.14. The second-order valence-electron chi connectivity index (χ2n) is 4.83. The molecule has 0 aromatic carbocycles. The fourth-order valence-corrected chi connectivity index (χ4v) is 1.59. The molecule has 1 heterocycles. The number of aliphatic hydroxyl groups is 1. The van der Waals surface area contributed by atoms with E-state index in [1.54, 1.807) is 20.8 Å². The molecule has 1 N–H and O–H groups in total. The molecule has 1 fully saturated rings. The zero-order chi connectivity index (χ0) is 11.6. The van der Waals surface area contributed by atoms with Crippen LogP contribution in [0.1, 0.15) is 27.2 Å². The maximum absolute atomic E-state index is 11.6. The van der Waals surface area contributed by atoms with Crippen LogP contribution in [0.15, 0.2) is 0 Å². The van der Waals surface area contributed by atoms with Crippen molar-refractivity contribution >= 4 is 6.09 Å². The molecule has 0 radical (unpaired) electrons. The van der Waals surface area contributed by atoms with Crippen LogP contribution in [0, 0.1) is 0 Å². The van der Waals surface area contributed by atoms with Gasteiger partial charge < -0.3 is 19.8 Å². The van der Waals surface area contributed by atoms with Crippen LogP contribution in [0.2, 0.25) is 0 Å². The average molecular weight is 302 g/mol. The zero-order valence-electron chi connectivity index (χ0n) is 10.4. The first-order valence-electron chi connectivity index (χ1n) is 5.10. The summed E-state index contributed by atoms with van der Waals surface area (Å²) in [5, 5.41) is 20.2. The van der Waals surface area contributed by atoms with Crippen molar-refractivity contribution < 1.29 is 77.9 Å². The Morgan fingerprint density at radius 3 is 2.56 bits per heavy atom. The van der Waals surface area contributed by atoms with Gasteiger partial charge in [0, 0.05) is 6.54 Å². The van der Waals surface area contributed by atoms with Gasteiger partial charge >= 0.3 is 64.3 Å². The number of aliphatic hydroxyl groups excluding tert-OH is 1. The van der Waals surface area contributed by atoms with Crippen LogP contribution >= 0.6 is 0 Å². The van der Waals surface area contributed by atoms with Gasteiger partial charge in [0.1, 0.15) is 5.60 Å². The Bertz CT molecular complexity index is 241. The molecule has 0 bridgehead atoms. The average Bonchev–Trinajstić information content (AvgIpc) is 2.43. The van der Waals surface area contributed by atoms with E-state index in [0.717, 1.165) is 0 Å². The van der Waals surface area contributed by atoms with Gasteiger partial charge in [-0.15, -0.1) is 6.10 Å². The van der Waals surface area contributed by atoms with Crippen LogP contribution in [0.5, 0.6) is 0 Å². The molecule has 1 saturated heterocycles. The molecule has 1 aliphatic rings. The normalized spacial score (nSPS) is 25.2. The third-order valence-electron chi connectivity index (χ3n) is 2.21. The van der Waals surface area contributed by atoms with Gasteiger partial charge in [0.15, 0.2) is 0 Å². The fraction of sp³-hybridized carbons (Fsp3) is 0.900. The molecule has 0 aromatic rings. The standard InChI is InChI=1S/C10H18NO4.Rb/c1-10(2,3)15-9(14)11-5-8(13)4-7(11)6-12;/h7-8,12H,4-6H2,1-3H3;/q-1;+1. The van der Waals surface area contributed by atoms with E-state index in [4.69, 9.17) is 9.84 Å². The van der Waals surface area contributed by atoms with Gasteiger partial charge in [0.05, 0.1) is 12.6 Å². The molecule has 0 spiro atoms. The van der Waals surface area contributed by atoms with E-state index in [2.05, 4.69) is 0 Å². The summed E-state index contributed by atoms with van der Waals surface area (Å²) in [6.07, 6.45) is -1.02. The van der Waals surface area contributed by atoms with Gasteiger partial charge in [-0.2, -0.15) is 0 Å². The monoisotopic (exact) mass is 301 g/mol. The summed E-state index contributed by atoms with van der Waals surface area (Å²) in [7, 11) is 0. The smallest absolute Gasteiger partial charge is 0.851 e. The summed E-state index contributed by atoms with van der Waals surface area (Å²) in [6, 6.07) is -0.387. The molecule has 5 nitrogen and oxygen atoms in total. The number of hydrogen-bond donors (Lipinski definition) is 1. The quantitative estimate of drug-likeness (QED) is 0.551. The first-order valence-corrected chi connectivity index (χ1v) is 5.10. The van der Waals surface area contributed by atoms with Crippen molar-refractivity contribution in [2.24, 2.45) is 0 Å². The van der Waals surface area contributed by atoms with Crippen molar-refractivity contribution in [3.8, 4) is 0 Å². The Balaban J connectivity index is 0.00000225. The second kappa shape index (κ2) is 6.80. The number of ether oxygens (including phenoxy) is 1. The van der Waals surface area contributed by atoms with Gasteiger partial charge in [-0.25, -0.2) is 4.79 Å². The minimum absolute atomic E-state index is 0. The molecule has 6 heteroatoms. The maximum Gasteiger partial charge on any atom is 1.00 e. The van der Waals surface area contributed by atoms with Gasteiger partial charge in [0.2, 0.25) is 0 Å². The SMILES string of the molecule is CC(C)(C)OC(=O)N1CC([O-])CC1CO.[Rb+]. The van der Waals surface area contributed by atoms with Crippen LogP contribution in [-0.2, 0) is 4.74 Å². The maximum atomic E-state index is 11.6. The second-order valence-corrected chi connectivity index (χ2v) is 4.83. The van der Waals surface area contributed by atoms with E-state index in [9.17, 15) is 9.90 Å². The summed E-state index contributed by atoms with van der Waals surface area (Å²) >= 11 is 0. The topological polar surface area (TPSA) is 72.8 Å². The molecule has 16 heavy (non-hydrogen) atoms. The Morgan fingerprint density at radius 2 is 2.12 bits per heavy atom. The van der Waals surface area contributed by atoms with Gasteiger partial charge in [-0.05, 0) is 27.2 Å². The number of likely N-dealkylation sites (tertiary alicyclic amines) is 1. The summed E-state index contributed by atoms with van der Waals surface area (Å²) in [5.41, 5.74) is -0.571. The number of carbonyl (C=O) groups excluding carboxylic acids is 1. The van der Waals surface area contributed by atoms with Crippen molar-refractivity contribution in [2.45, 2.75) is 44.9 Å². The van der Waals surface area contributed by atoms with Gasteiger partial charge in [-0.3, -0.25) is 0 Å². The molecule has 2 unspecified atom stereocenters. The molecule has 88 valence electrons. The number of carbonyl (C=O) groups is 1. The molecule has 0 aromatic heterocycles. The van der Waals surface area contributed by atoms with E-state index in [1.807, 2.05) is 0 Å². The third-order valence-corrected chi connectivity index (χ3v) is 2.21. The molecule has 2 atom stereocenters. The molecule has 0 saturated carbocycles. The molecular formula is C10H18NO4Rb. The molecule has 1 rings (SSSR count). The van der Waals surface area contributed by atoms with Crippen LogP contribution in [0.25, 0.3) is 0 Å². The van der Waals surface area contributed by atoms with Gasteiger partial charge in [-0.1, -0.05) is 0 Å². The van der Waals surface area contributed by atoms with E-state index in [0.29, 0.717) is 6.42 Å². The number of nitrogens with zero attached hydrogens (tertiary/aromatic N) is 1. The Kier molecular flexibility index (Phi) is 7.22. The van der Waals surface area contributed by atoms with Gasteiger partial charge in [0.25, 0.3) is 0 Å². The Hall–Kier alpha value is 0.995. The largest absolute Gasteiger partial charge is 1.00 e. The van der Waals surface area contributed by atoms with Crippen molar-refractivity contribution in [3.05, 3.63) is 0 Å². The number of hydrogen-bond acceptors (Lipinski definition) is 4. The number of amides is 1. The van der Waals surface area contributed by atoms with E-state index < -0.39 is 17.8 Å². The summed E-state index contributed by atoms with van der Waals surface area (Å²) in [5.74, 6) is 0. The first kappa shape index (κ1) is 17.0. The predicted octanol–water partition coefficient (Wildman–Crippen LogP) is -3.28. The Morgan fingerprint density at radius 1 is 1.56 bits per heavy atom. The van der Waals surface area contributed by atoms with Crippen LogP contribution in [0.3, 0.4) is 0 Å². The summed E-state index contributed by atoms with van der Waals surface area (Å²) in [6.45, 7) is 5.24. The van der Waals surface area contributed by atoms with Crippen molar-refractivity contribution in [3.63, 3.8) is 0 Å². The summed E-state index contributed by atoms with van der Waals surface area (Å²) in [4.78, 5) is 13.0.